The smallest absolute Gasteiger partial charge is 0.127 e. The van der Waals surface area contributed by atoms with Crippen molar-refractivity contribution in [1.29, 1.82) is 0 Å². The Morgan fingerprint density at radius 1 is 1.15 bits per heavy atom. The molecule has 5 heteroatoms. The molecule has 0 saturated heterocycles. The molecule has 0 heterocycles. The van der Waals surface area contributed by atoms with Crippen LogP contribution in [0.4, 0.5) is 8.78 Å². The molecular weight excluding hydrogens is 282 g/mol. The van der Waals surface area contributed by atoms with E-state index in [1.165, 1.54) is 12.1 Å². The minimum atomic E-state index is -0.378. The quantitative estimate of drug-likeness (QED) is 0.667. The topological polar surface area (TPSA) is 38.0 Å². The second kappa shape index (κ2) is 6.31. The number of hydrazine groups is 1. The minimum Gasteiger partial charge on any atom is -0.271 e. The van der Waals surface area contributed by atoms with Gasteiger partial charge in [-0.15, -0.1) is 0 Å². The predicted molar refractivity (Wildman–Crippen MR) is 76.3 cm³/mol. The van der Waals surface area contributed by atoms with Crippen LogP contribution in [-0.4, -0.2) is 0 Å². The number of nitrogens with one attached hydrogen (secondary N) is 1. The molecule has 0 saturated carbocycles. The summed E-state index contributed by atoms with van der Waals surface area (Å²) < 4.78 is 27.1. The fourth-order valence-electron chi connectivity index (χ4n) is 2.06. The summed E-state index contributed by atoms with van der Waals surface area (Å²) >= 11 is 5.72. The van der Waals surface area contributed by atoms with E-state index in [0.717, 1.165) is 5.56 Å². The maximum absolute atomic E-state index is 13.8. The zero-order valence-corrected chi connectivity index (χ0v) is 11.7. The molecule has 2 aromatic carbocycles. The summed E-state index contributed by atoms with van der Waals surface area (Å²) in [6.45, 7) is 1.68. The van der Waals surface area contributed by atoms with Gasteiger partial charge in [-0.25, -0.2) is 8.78 Å². The largest absolute Gasteiger partial charge is 0.271 e. The Hall–Kier alpha value is -1.49. The highest BCUT2D eigenvalue weighted by atomic mass is 35.5. The van der Waals surface area contributed by atoms with E-state index in [0.29, 0.717) is 22.6 Å². The third-order valence-corrected chi connectivity index (χ3v) is 3.46. The van der Waals surface area contributed by atoms with Gasteiger partial charge < -0.3 is 0 Å². The van der Waals surface area contributed by atoms with Crippen molar-refractivity contribution in [2.75, 3.05) is 0 Å². The Morgan fingerprint density at radius 3 is 2.50 bits per heavy atom. The first-order valence-electron chi connectivity index (χ1n) is 6.17. The molecule has 0 spiro atoms. The molecule has 2 aromatic rings. The summed E-state index contributed by atoms with van der Waals surface area (Å²) in [7, 11) is 0. The van der Waals surface area contributed by atoms with Gasteiger partial charge in [0.25, 0.3) is 0 Å². The monoisotopic (exact) mass is 296 g/mol. The zero-order valence-electron chi connectivity index (χ0n) is 11.0. The molecular formula is C15H15ClF2N2. The van der Waals surface area contributed by atoms with Gasteiger partial charge in [-0.1, -0.05) is 29.8 Å². The van der Waals surface area contributed by atoms with Gasteiger partial charge in [0, 0.05) is 5.02 Å². The highest BCUT2D eigenvalue weighted by Crippen LogP contribution is 2.23. The molecule has 1 atom stereocenters. The fraction of sp³-hybridized carbons (Fsp3) is 0.200. The van der Waals surface area contributed by atoms with Crippen molar-refractivity contribution < 1.29 is 8.78 Å². The van der Waals surface area contributed by atoms with E-state index in [1.54, 1.807) is 31.2 Å². The summed E-state index contributed by atoms with van der Waals surface area (Å²) in [4.78, 5) is 0. The summed E-state index contributed by atoms with van der Waals surface area (Å²) in [5.74, 6) is 4.87. The van der Waals surface area contributed by atoms with Gasteiger partial charge in [0.2, 0.25) is 0 Å². The number of nitrogens with two attached hydrogens (primary N) is 1. The molecule has 0 fully saturated rings. The average molecular weight is 297 g/mol. The third kappa shape index (κ3) is 3.33. The molecule has 0 radical (unpaired) electrons. The van der Waals surface area contributed by atoms with Crippen molar-refractivity contribution in [3.63, 3.8) is 0 Å². The molecule has 0 aliphatic heterocycles. The number of hydrogen-bond donors (Lipinski definition) is 2. The molecule has 0 amide bonds. The maximum atomic E-state index is 13.8. The van der Waals surface area contributed by atoms with E-state index >= 15 is 0 Å². The van der Waals surface area contributed by atoms with Crippen LogP contribution in [-0.2, 0) is 6.42 Å². The molecule has 0 aliphatic carbocycles. The fourth-order valence-corrected chi connectivity index (χ4v) is 2.22. The van der Waals surface area contributed by atoms with Crippen LogP contribution in [0, 0.1) is 18.6 Å². The third-order valence-electron chi connectivity index (χ3n) is 3.22. The van der Waals surface area contributed by atoms with E-state index in [2.05, 4.69) is 5.43 Å². The van der Waals surface area contributed by atoms with Gasteiger partial charge in [0.1, 0.15) is 11.6 Å². The van der Waals surface area contributed by atoms with Crippen LogP contribution in [0.15, 0.2) is 36.4 Å². The van der Waals surface area contributed by atoms with Gasteiger partial charge in [-0.2, -0.15) is 0 Å². The van der Waals surface area contributed by atoms with Gasteiger partial charge >= 0.3 is 0 Å². The van der Waals surface area contributed by atoms with Crippen molar-refractivity contribution in [1.82, 2.24) is 5.43 Å². The number of benzene rings is 2. The van der Waals surface area contributed by atoms with E-state index < -0.39 is 0 Å². The van der Waals surface area contributed by atoms with Gasteiger partial charge in [0.05, 0.1) is 6.04 Å². The van der Waals surface area contributed by atoms with Crippen molar-refractivity contribution in [3.05, 3.63) is 69.7 Å². The van der Waals surface area contributed by atoms with Crippen LogP contribution in [0.25, 0.3) is 0 Å². The molecule has 0 aromatic heterocycles. The Kier molecular flexibility index (Phi) is 4.70. The predicted octanol–water partition coefficient (Wildman–Crippen LogP) is 3.67. The normalized spacial score (nSPS) is 12.4. The van der Waals surface area contributed by atoms with Gasteiger partial charge in [-0.3, -0.25) is 11.3 Å². The second-order valence-electron chi connectivity index (χ2n) is 4.67. The lowest BCUT2D eigenvalue weighted by Gasteiger charge is -2.17. The van der Waals surface area contributed by atoms with Crippen LogP contribution in [0.3, 0.4) is 0 Å². The summed E-state index contributed by atoms with van der Waals surface area (Å²) in [5, 5.41) is 0.348. The molecule has 106 valence electrons. The number of hydrogen-bond acceptors (Lipinski definition) is 2. The van der Waals surface area contributed by atoms with Gasteiger partial charge in [-0.05, 0) is 48.2 Å². The van der Waals surface area contributed by atoms with E-state index in [4.69, 9.17) is 17.4 Å². The van der Waals surface area contributed by atoms with Crippen LogP contribution in [0.1, 0.15) is 22.7 Å². The maximum Gasteiger partial charge on any atom is 0.127 e. The van der Waals surface area contributed by atoms with Crippen molar-refractivity contribution in [2.24, 2.45) is 5.84 Å². The minimum absolute atomic E-state index is 0.276. The lowest BCUT2D eigenvalue weighted by molar-refractivity contribution is 0.527. The highest BCUT2D eigenvalue weighted by Gasteiger charge is 2.14. The number of halogens is 3. The van der Waals surface area contributed by atoms with Crippen LogP contribution >= 0.6 is 11.6 Å². The average Bonchev–Trinajstić information content (AvgIpc) is 2.41. The highest BCUT2D eigenvalue weighted by molar-refractivity contribution is 6.30. The first-order valence-corrected chi connectivity index (χ1v) is 6.55. The molecule has 0 bridgehead atoms. The summed E-state index contributed by atoms with van der Waals surface area (Å²) in [6.07, 6.45) is 0.352. The molecule has 0 aliphatic rings. The standard InChI is InChI=1S/C15H15ClF2N2/c1-9-6-11(3-5-13(9)17)15(20-19)7-10-2-4-12(16)8-14(10)18/h2-6,8,15,20H,7,19H2,1H3. The van der Waals surface area contributed by atoms with Crippen LogP contribution in [0.5, 0.6) is 0 Å². The Balaban J connectivity index is 2.26. The van der Waals surface area contributed by atoms with Crippen molar-refractivity contribution in [3.8, 4) is 0 Å². The molecule has 20 heavy (non-hydrogen) atoms. The Labute approximate surface area is 121 Å². The Morgan fingerprint density at radius 2 is 1.90 bits per heavy atom. The SMILES string of the molecule is Cc1cc(C(Cc2ccc(Cl)cc2F)NN)ccc1F. The van der Waals surface area contributed by atoms with Crippen molar-refractivity contribution in [2.45, 2.75) is 19.4 Å². The number of aryl methyl sites for hydroxylation is 1. The van der Waals surface area contributed by atoms with E-state index in [1.807, 2.05) is 0 Å². The molecule has 2 rings (SSSR count). The lowest BCUT2D eigenvalue weighted by Crippen LogP contribution is -2.30. The molecule has 1 unspecified atom stereocenters. The van der Waals surface area contributed by atoms with E-state index in [9.17, 15) is 8.78 Å². The zero-order chi connectivity index (χ0) is 14.7. The number of rotatable bonds is 4. The molecule has 2 nitrogen and oxygen atoms in total. The van der Waals surface area contributed by atoms with Crippen LogP contribution in [0.2, 0.25) is 5.02 Å². The summed E-state index contributed by atoms with van der Waals surface area (Å²) in [5.41, 5.74) is 4.47. The van der Waals surface area contributed by atoms with E-state index in [-0.39, 0.29) is 17.7 Å². The lowest BCUT2D eigenvalue weighted by atomic mass is 9.97. The first-order chi connectivity index (χ1) is 9.51. The first kappa shape index (κ1) is 14.9. The van der Waals surface area contributed by atoms with Crippen LogP contribution < -0.4 is 11.3 Å². The van der Waals surface area contributed by atoms with Gasteiger partial charge in [0.15, 0.2) is 0 Å². The second-order valence-corrected chi connectivity index (χ2v) is 5.10. The Bertz CT molecular complexity index is 617. The van der Waals surface area contributed by atoms with Crippen molar-refractivity contribution >= 4 is 11.6 Å². The molecule has 3 N–H and O–H groups in total. The summed E-state index contributed by atoms with van der Waals surface area (Å²) in [6, 6.07) is 8.94.